The number of nitrogens with zero attached hydrogens (tertiary/aromatic N) is 2. The first-order valence-corrected chi connectivity index (χ1v) is 14.2. The van der Waals surface area contributed by atoms with E-state index < -0.39 is 5.97 Å². The Hall–Kier alpha value is -4.43. The van der Waals surface area contributed by atoms with Crippen molar-refractivity contribution in [2.45, 2.75) is 39.2 Å². The van der Waals surface area contributed by atoms with Gasteiger partial charge in [-0.2, -0.15) is 0 Å². The molecule has 7 nitrogen and oxygen atoms in total. The Kier molecular flexibility index (Phi) is 8.26. The van der Waals surface area contributed by atoms with Crippen LogP contribution in [0.4, 0.5) is 10.8 Å². The predicted molar refractivity (Wildman–Crippen MR) is 159 cm³/mol. The number of carboxylic acids is 1. The average Bonchev–Trinajstić information content (AvgIpc) is 3.63. The van der Waals surface area contributed by atoms with Gasteiger partial charge in [-0.3, -0.25) is 9.59 Å². The van der Waals surface area contributed by atoms with E-state index in [-0.39, 0.29) is 18.9 Å². The molecule has 5 aromatic rings. The predicted octanol–water partition coefficient (Wildman–Crippen LogP) is 7.61. The maximum absolute atomic E-state index is 12.4. The second-order valence-corrected chi connectivity index (χ2v) is 10.6. The van der Waals surface area contributed by atoms with Crippen LogP contribution in [0.15, 0.2) is 88.7 Å². The number of thiazole rings is 1. The van der Waals surface area contributed by atoms with Crippen molar-refractivity contribution in [2.75, 3.05) is 11.4 Å². The number of fused-ring (bicyclic) bond motifs is 1. The number of carbonyl (C=O) groups is 2. The molecule has 0 spiro atoms. The normalized spacial score (nSPS) is 11.8. The first kappa shape index (κ1) is 27.1. The Morgan fingerprint density at radius 1 is 1.05 bits per heavy atom. The van der Waals surface area contributed by atoms with Crippen LogP contribution in [0.3, 0.4) is 0 Å². The molecule has 0 aliphatic heterocycles. The summed E-state index contributed by atoms with van der Waals surface area (Å²) < 4.78 is 6.06. The smallest absolute Gasteiger partial charge is 0.305 e. The van der Waals surface area contributed by atoms with Crippen molar-refractivity contribution in [2.24, 2.45) is 0 Å². The van der Waals surface area contributed by atoms with Gasteiger partial charge in [-0.1, -0.05) is 56.3 Å². The maximum Gasteiger partial charge on any atom is 0.305 e. The van der Waals surface area contributed by atoms with Crippen LogP contribution in [0.1, 0.15) is 54.1 Å². The van der Waals surface area contributed by atoms with Crippen LogP contribution in [-0.2, 0) is 11.3 Å². The zero-order chi connectivity index (χ0) is 28.1. The molecule has 1 atom stereocenters. The summed E-state index contributed by atoms with van der Waals surface area (Å²) in [4.78, 5) is 30.2. The summed E-state index contributed by atoms with van der Waals surface area (Å²) in [7, 11) is 0. The van der Waals surface area contributed by atoms with Gasteiger partial charge in [-0.05, 0) is 59.9 Å². The molecule has 0 aliphatic carbocycles. The third kappa shape index (κ3) is 6.24. The molecule has 2 aromatic heterocycles. The maximum atomic E-state index is 12.4. The lowest BCUT2D eigenvalue weighted by atomic mass is 9.98. The Morgan fingerprint density at radius 2 is 1.80 bits per heavy atom. The SMILES string of the molecule is CCC(C)c1ccc(N(Cc2ccc(C(=O)NCCC(=O)O)cc2)c2nc(-c3cc4ccccc4o3)cs2)cc1. The number of aliphatic carboxylic acids is 1. The molecular formula is C32H31N3O4S. The molecule has 204 valence electrons. The van der Waals surface area contributed by atoms with Gasteiger partial charge in [-0.25, -0.2) is 4.98 Å². The second-order valence-electron chi connectivity index (χ2n) is 9.75. The van der Waals surface area contributed by atoms with Crippen molar-refractivity contribution >= 4 is 45.0 Å². The highest BCUT2D eigenvalue weighted by Crippen LogP contribution is 2.36. The van der Waals surface area contributed by atoms with Gasteiger partial charge in [0, 0.05) is 28.6 Å². The number of hydrogen-bond acceptors (Lipinski definition) is 6. The van der Waals surface area contributed by atoms with E-state index in [2.05, 4.69) is 48.3 Å². The van der Waals surface area contributed by atoms with Crippen LogP contribution in [0, 0.1) is 0 Å². The quantitative estimate of drug-likeness (QED) is 0.175. The van der Waals surface area contributed by atoms with Crippen LogP contribution in [0.5, 0.6) is 0 Å². The van der Waals surface area contributed by atoms with Gasteiger partial charge in [0.25, 0.3) is 5.91 Å². The molecule has 40 heavy (non-hydrogen) atoms. The van der Waals surface area contributed by atoms with E-state index >= 15 is 0 Å². The minimum absolute atomic E-state index is 0.0912. The van der Waals surface area contributed by atoms with Gasteiger partial charge in [-0.15, -0.1) is 11.3 Å². The van der Waals surface area contributed by atoms with Crippen LogP contribution < -0.4 is 10.2 Å². The lowest BCUT2D eigenvalue weighted by molar-refractivity contribution is -0.136. The highest BCUT2D eigenvalue weighted by molar-refractivity contribution is 7.14. The van der Waals surface area contributed by atoms with Gasteiger partial charge in [0.05, 0.1) is 13.0 Å². The number of para-hydroxylation sites is 1. The molecular weight excluding hydrogens is 522 g/mol. The fourth-order valence-electron chi connectivity index (χ4n) is 4.43. The van der Waals surface area contributed by atoms with E-state index in [9.17, 15) is 9.59 Å². The average molecular weight is 554 g/mol. The number of amides is 1. The first-order chi connectivity index (χ1) is 19.4. The Labute approximate surface area is 237 Å². The van der Waals surface area contributed by atoms with E-state index in [1.807, 2.05) is 47.8 Å². The van der Waals surface area contributed by atoms with E-state index in [0.29, 0.717) is 18.0 Å². The van der Waals surface area contributed by atoms with Gasteiger partial charge < -0.3 is 19.7 Å². The lowest BCUT2D eigenvalue weighted by Gasteiger charge is -2.23. The Morgan fingerprint density at radius 3 is 2.50 bits per heavy atom. The fraction of sp³-hybridized carbons (Fsp3) is 0.219. The summed E-state index contributed by atoms with van der Waals surface area (Å²) in [6, 6.07) is 25.9. The number of carboxylic acid groups (broad SMARTS) is 1. The van der Waals surface area contributed by atoms with Crippen LogP contribution in [-0.4, -0.2) is 28.5 Å². The zero-order valence-electron chi connectivity index (χ0n) is 22.5. The highest BCUT2D eigenvalue weighted by atomic mass is 32.1. The number of furan rings is 1. The molecule has 1 unspecified atom stereocenters. The molecule has 0 saturated heterocycles. The van der Waals surface area contributed by atoms with Crippen molar-refractivity contribution < 1.29 is 19.1 Å². The molecule has 0 radical (unpaired) electrons. The minimum atomic E-state index is -0.946. The fourth-order valence-corrected chi connectivity index (χ4v) is 5.26. The largest absolute Gasteiger partial charge is 0.481 e. The summed E-state index contributed by atoms with van der Waals surface area (Å²) in [5, 5.41) is 15.3. The molecule has 2 heterocycles. The van der Waals surface area contributed by atoms with E-state index in [4.69, 9.17) is 14.5 Å². The molecule has 3 aromatic carbocycles. The molecule has 0 saturated carbocycles. The van der Waals surface area contributed by atoms with Crippen molar-refractivity contribution in [1.82, 2.24) is 10.3 Å². The molecule has 0 fully saturated rings. The molecule has 8 heteroatoms. The number of benzene rings is 3. The minimum Gasteiger partial charge on any atom is -0.481 e. The van der Waals surface area contributed by atoms with Gasteiger partial charge in [0.1, 0.15) is 11.3 Å². The van der Waals surface area contributed by atoms with Crippen LogP contribution in [0.25, 0.3) is 22.4 Å². The topological polar surface area (TPSA) is 95.7 Å². The Balaban J connectivity index is 1.41. The van der Waals surface area contributed by atoms with Gasteiger partial charge in [0.15, 0.2) is 10.9 Å². The molecule has 5 rings (SSSR count). The summed E-state index contributed by atoms with van der Waals surface area (Å²) in [6.07, 6.45) is 0.963. The van der Waals surface area contributed by atoms with E-state index in [0.717, 1.165) is 45.2 Å². The van der Waals surface area contributed by atoms with Crippen molar-refractivity contribution in [3.63, 3.8) is 0 Å². The Bertz CT molecular complexity index is 1570. The van der Waals surface area contributed by atoms with Crippen LogP contribution in [0.2, 0.25) is 0 Å². The first-order valence-electron chi connectivity index (χ1n) is 13.3. The van der Waals surface area contributed by atoms with Gasteiger partial charge >= 0.3 is 5.97 Å². The number of rotatable bonds is 11. The third-order valence-corrected chi connectivity index (χ3v) is 7.83. The number of anilines is 2. The lowest BCUT2D eigenvalue weighted by Crippen LogP contribution is -2.26. The number of aromatic nitrogens is 1. The summed E-state index contributed by atoms with van der Waals surface area (Å²) in [5.41, 5.74) is 5.43. The number of hydrogen-bond donors (Lipinski definition) is 2. The molecule has 0 aliphatic rings. The monoisotopic (exact) mass is 553 g/mol. The number of nitrogens with one attached hydrogen (secondary N) is 1. The summed E-state index contributed by atoms with van der Waals surface area (Å²) in [6.45, 7) is 5.06. The highest BCUT2D eigenvalue weighted by Gasteiger charge is 2.18. The summed E-state index contributed by atoms with van der Waals surface area (Å²) >= 11 is 1.55. The van der Waals surface area contributed by atoms with Crippen LogP contribution >= 0.6 is 11.3 Å². The second kappa shape index (κ2) is 12.2. The zero-order valence-corrected chi connectivity index (χ0v) is 23.3. The van der Waals surface area contributed by atoms with Crippen molar-refractivity contribution in [3.8, 4) is 11.5 Å². The van der Waals surface area contributed by atoms with E-state index in [1.54, 1.807) is 23.5 Å². The summed E-state index contributed by atoms with van der Waals surface area (Å²) in [5.74, 6) is -0.0236. The molecule has 2 N–H and O–H groups in total. The molecule has 1 amide bonds. The van der Waals surface area contributed by atoms with Crippen molar-refractivity contribution in [3.05, 3.63) is 101 Å². The van der Waals surface area contributed by atoms with Gasteiger partial charge in [0.2, 0.25) is 0 Å². The third-order valence-electron chi connectivity index (χ3n) is 6.97. The van der Waals surface area contributed by atoms with Crippen molar-refractivity contribution in [1.29, 1.82) is 0 Å². The van der Waals surface area contributed by atoms with E-state index in [1.165, 1.54) is 5.56 Å². The molecule has 0 bridgehead atoms. The standard InChI is InChI=1S/C32H31N3O4S/c1-3-21(2)23-12-14-26(15-13-23)35(19-22-8-10-24(11-9-22)31(38)33-17-16-30(36)37)32-34-27(20-40-32)29-18-25-6-4-5-7-28(25)39-29/h4-15,18,20-21H,3,16-17,19H2,1-2H3,(H,33,38)(H,36,37). The number of carbonyl (C=O) groups excluding carboxylic acids is 1.